The quantitative estimate of drug-likeness (QED) is 0.431. The number of aliphatic carboxylic acids is 1. The van der Waals surface area contributed by atoms with Crippen molar-refractivity contribution in [3.8, 4) is 0 Å². The number of amides is 3. The normalized spacial score (nSPS) is 24.1. The Morgan fingerprint density at radius 2 is 1.67 bits per heavy atom. The Hall–Kier alpha value is -4.08. The highest BCUT2D eigenvalue weighted by Gasteiger charge is 2.50. The maximum atomic E-state index is 13.8. The van der Waals surface area contributed by atoms with Gasteiger partial charge < -0.3 is 10.0 Å². The van der Waals surface area contributed by atoms with Crippen LogP contribution in [0.3, 0.4) is 0 Å². The molecular formula is C23H19N3O7. The summed E-state index contributed by atoms with van der Waals surface area (Å²) in [4.78, 5) is 65.1. The van der Waals surface area contributed by atoms with Gasteiger partial charge in [-0.1, -0.05) is 18.2 Å². The number of carbonyl (C=O) groups excluding carboxylic acids is 3. The van der Waals surface area contributed by atoms with Gasteiger partial charge in [0.1, 0.15) is 12.1 Å². The zero-order valence-corrected chi connectivity index (χ0v) is 17.3. The van der Waals surface area contributed by atoms with E-state index in [0.717, 1.165) is 4.90 Å². The van der Waals surface area contributed by atoms with Crippen LogP contribution in [0.15, 0.2) is 42.5 Å². The predicted molar refractivity (Wildman–Crippen MR) is 112 cm³/mol. The number of hydrogen-bond donors (Lipinski definition) is 1. The van der Waals surface area contributed by atoms with Crippen LogP contribution in [0.25, 0.3) is 0 Å². The van der Waals surface area contributed by atoms with E-state index >= 15 is 0 Å². The minimum absolute atomic E-state index is 0.0447. The first kappa shape index (κ1) is 20.8. The lowest BCUT2D eigenvalue weighted by Crippen LogP contribution is -2.56. The SMILES string of the molecule is O=C(O)C1CCCC2c3cc([N+](=O)[O-])ccc3CC(N3C(=O)c4ccccc4C3=O)C(=O)N12. The molecule has 1 saturated heterocycles. The van der Waals surface area contributed by atoms with Crippen molar-refractivity contribution in [2.24, 2.45) is 0 Å². The third kappa shape index (κ3) is 3.09. The van der Waals surface area contributed by atoms with Crippen LogP contribution in [0.5, 0.6) is 0 Å². The van der Waals surface area contributed by atoms with E-state index in [4.69, 9.17) is 0 Å². The lowest BCUT2D eigenvalue weighted by molar-refractivity contribution is -0.385. The predicted octanol–water partition coefficient (Wildman–Crippen LogP) is 2.32. The van der Waals surface area contributed by atoms with Gasteiger partial charge in [-0.05, 0) is 42.5 Å². The van der Waals surface area contributed by atoms with Crippen LogP contribution < -0.4 is 0 Å². The summed E-state index contributed by atoms with van der Waals surface area (Å²) < 4.78 is 0. The number of nitro groups is 1. The van der Waals surface area contributed by atoms with Gasteiger partial charge in [0, 0.05) is 18.6 Å². The summed E-state index contributed by atoms with van der Waals surface area (Å²) in [5.74, 6) is -3.05. The molecule has 0 spiro atoms. The van der Waals surface area contributed by atoms with Crippen LogP contribution in [-0.2, 0) is 16.0 Å². The minimum atomic E-state index is -1.25. The number of carbonyl (C=O) groups is 4. The third-order valence-electron chi connectivity index (χ3n) is 6.70. The van der Waals surface area contributed by atoms with Gasteiger partial charge in [-0.3, -0.25) is 29.4 Å². The molecule has 33 heavy (non-hydrogen) atoms. The standard InChI is InChI=1S/C23H19N3O7/c27-20-14-4-1-2-5-15(14)21(28)25(20)19-10-12-8-9-13(26(32)33)11-16(12)17-6-3-7-18(23(30)31)24(17)22(19)29/h1-2,4-5,8-9,11,17-19H,3,6-7,10H2,(H,30,31). The number of hydrogen-bond acceptors (Lipinski definition) is 6. The van der Waals surface area contributed by atoms with E-state index in [0.29, 0.717) is 24.0 Å². The molecule has 0 saturated carbocycles. The van der Waals surface area contributed by atoms with Crippen LogP contribution in [-0.4, -0.2) is 55.6 Å². The average Bonchev–Trinajstić information content (AvgIpc) is 2.98. The van der Waals surface area contributed by atoms with Crippen molar-refractivity contribution < 1.29 is 29.2 Å². The Balaban J connectivity index is 1.66. The van der Waals surface area contributed by atoms with Gasteiger partial charge >= 0.3 is 5.97 Å². The number of nitrogens with zero attached hydrogens (tertiary/aromatic N) is 3. The number of imide groups is 1. The Labute approximate surface area is 187 Å². The highest BCUT2D eigenvalue weighted by atomic mass is 16.6. The molecule has 3 aliphatic heterocycles. The molecule has 0 bridgehead atoms. The molecule has 168 valence electrons. The van der Waals surface area contributed by atoms with Crippen LogP contribution in [0.4, 0.5) is 5.69 Å². The topological polar surface area (TPSA) is 138 Å². The second-order valence-electron chi connectivity index (χ2n) is 8.43. The molecule has 3 amide bonds. The Bertz CT molecular complexity index is 1210. The van der Waals surface area contributed by atoms with Crippen molar-refractivity contribution in [2.75, 3.05) is 0 Å². The maximum absolute atomic E-state index is 13.8. The van der Waals surface area contributed by atoms with Gasteiger partial charge in [-0.15, -0.1) is 0 Å². The summed E-state index contributed by atoms with van der Waals surface area (Å²) in [6.45, 7) is 0. The molecule has 1 N–H and O–H groups in total. The number of benzene rings is 2. The highest BCUT2D eigenvalue weighted by Crippen LogP contribution is 2.42. The van der Waals surface area contributed by atoms with Crippen LogP contribution in [0.2, 0.25) is 0 Å². The maximum Gasteiger partial charge on any atom is 0.326 e. The van der Waals surface area contributed by atoms with E-state index in [9.17, 15) is 34.4 Å². The zero-order valence-electron chi connectivity index (χ0n) is 17.3. The van der Waals surface area contributed by atoms with Gasteiger partial charge in [0.25, 0.3) is 17.5 Å². The Morgan fingerprint density at radius 1 is 1.00 bits per heavy atom. The van der Waals surface area contributed by atoms with E-state index in [-0.39, 0.29) is 29.7 Å². The van der Waals surface area contributed by atoms with Crippen molar-refractivity contribution in [2.45, 2.75) is 43.8 Å². The van der Waals surface area contributed by atoms with E-state index in [1.54, 1.807) is 12.1 Å². The summed E-state index contributed by atoms with van der Waals surface area (Å²) in [7, 11) is 0. The highest BCUT2D eigenvalue weighted by molar-refractivity contribution is 6.23. The van der Waals surface area contributed by atoms with Crippen molar-refractivity contribution in [3.63, 3.8) is 0 Å². The minimum Gasteiger partial charge on any atom is -0.480 e. The molecule has 3 aliphatic rings. The number of non-ortho nitro benzene ring substituents is 1. The van der Waals surface area contributed by atoms with Crippen molar-refractivity contribution in [1.82, 2.24) is 9.80 Å². The second-order valence-corrected chi connectivity index (χ2v) is 8.43. The van der Waals surface area contributed by atoms with Crippen molar-refractivity contribution in [3.05, 3.63) is 74.8 Å². The van der Waals surface area contributed by atoms with E-state index in [1.165, 1.54) is 35.2 Å². The zero-order chi connectivity index (χ0) is 23.4. The lowest BCUT2D eigenvalue weighted by atomic mass is 9.89. The smallest absolute Gasteiger partial charge is 0.326 e. The van der Waals surface area contributed by atoms with Crippen LogP contribution >= 0.6 is 0 Å². The fraction of sp³-hybridized carbons (Fsp3) is 0.304. The Morgan fingerprint density at radius 3 is 2.27 bits per heavy atom. The number of carboxylic acid groups (broad SMARTS) is 1. The third-order valence-corrected chi connectivity index (χ3v) is 6.70. The molecule has 2 aromatic rings. The second kappa shape index (κ2) is 7.51. The number of carboxylic acids is 1. The molecule has 0 aromatic heterocycles. The molecule has 2 aromatic carbocycles. The van der Waals surface area contributed by atoms with Gasteiger partial charge in [-0.25, -0.2) is 4.79 Å². The summed E-state index contributed by atoms with van der Waals surface area (Å²) in [5, 5.41) is 21.2. The van der Waals surface area contributed by atoms with E-state index in [2.05, 4.69) is 0 Å². The summed E-state index contributed by atoms with van der Waals surface area (Å²) in [5.41, 5.74) is 1.27. The number of fused-ring (bicyclic) bond motifs is 4. The Kier molecular flexibility index (Phi) is 4.73. The molecule has 1 fully saturated rings. The molecule has 3 heterocycles. The first-order chi connectivity index (χ1) is 15.8. The molecule has 10 heteroatoms. The molecule has 5 rings (SSSR count). The van der Waals surface area contributed by atoms with Crippen LogP contribution in [0.1, 0.15) is 57.1 Å². The van der Waals surface area contributed by atoms with Crippen molar-refractivity contribution >= 4 is 29.4 Å². The van der Waals surface area contributed by atoms with Crippen molar-refractivity contribution in [1.29, 1.82) is 0 Å². The molecule has 3 unspecified atom stereocenters. The van der Waals surface area contributed by atoms with Gasteiger partial charge in [0.2, 0.25) is 5.91 Å². The average molecular weight is 449 g/mol. The number of rotatable bonds is 3. The molecule has 10 nitrogen and oxygen atoms in total. The van der Waals surface area contributed by atoms with Gasteiger partial charge in [0.05, 0.1) is 22.1 Å². The van der Waals surface area contributed by atoms with E-state index in [1.807, 2.05) is 0 Å². The monoisotopic (exact) mass is 449 g/mol. The molecule has 0 aliphatic carbocycles. The van der Waals surface area contributed by atoms with E-state index < -0.39 is 46.7 Å². The van der Waals surface area contributed by atoms with Gasteiger partial charge in [-0.2, -0.15) is 0 Å². The lowest BCUT2D eigenvalue weighted by Gasteiger charge is -2.41. The fourth-order valence-electron chi connectivity index (χ4n) is 5.21. The molecular weight excluding hydrogens is 430 g/mol. The molecule has 0 radical (unpaired) electrons. The van der Waals surface area contributed by atoms with Crippen LogP contribution in [0, 0.1) is 10.1 Å². The summed E-state index contributed by atoms with van der Waals surface area (Å²) >= 11 is 0. The fourth-order valence-corrected chi connectivity index (χ4v) is 5.21. The first-order valence-electron chi connectivity index (χ1n) is 10.6. The first-order valence-corrected chi connectivity index (χ1v) is 10.6. The summed E-state index contributed by atoms with van der Waals surface area (Å²) in [6.07, 6.45) is 1.12. The largest absolute Gasteiger partial charge is 0.480 e. The number of piperidine rings is 1. The molecule has 3 atom stereocenters. The number of nitro benzene ring substituents is 1. The summed E-state index contributed by atoms with van der Waals surface area (Å²) in [6, 6.07) is 7.39. The van der Waals surface area contributed by atoms with Gasteiger partial charge in [0.15, 0.2) is 0 Å².